The summed E-state index contributed by atoms with van der Waals surface area (Å²) in [7, 11) is 0. The first-order valence-electron chi connectivity index (χ1n) is 4.86. The van der Waals surface area contributed by atoms with Gasteiger partial charge in [-0.25, -0.2) is 4.98 Å². The lowest BCUT2D eigenvalue weighted by Gasteiger charge is -2.26. The number of hydrogen-bond donors (Lipinski definition) is 1. The van der Waals surface area contributed by atoms with Gasteiger partial charge in [0.25, 0.3) is 5.91 Å². The van der Waals surface area contributed by atoms with Gasteiger partial charge in [-0.15, -0.1) is 0 Å². The van der Waals surface area contributed by atoms with E-state index in [0.29, 0.717) is 24.5 Å². The molecule has 0 aliphatic carbocycles. The van der Waals surface area contributed by atoms with Gasteiger partial charge in [0.2, 0.25) is 0 Å². The van der Waals surface area contributed by atoms with Crippen molar-refractivity contribution < 1.29 is 14.6 Å². The Morgan fingerprint density at radius 2 is 2.38 bits per heavy atom. The number of morpholine rings is 1. The summed E-state index contributed by atoms with van der Waals surface area (Å²) in [5.41, 5.74) is 0.634. The van der Waals surface area contributed by atoms with Gasteiger partial charge in [-0.3, -0.25) is 9.69 Å². The summed E-state index contributed by atoms with van der Waals surface area (Å²) in [6.45, 7) is 0.863. The van der Waals surface area contributed by atoms with Crippen molar-refractivity contribution in [3.05, 3.63) is 22.8 Å². The third-order valence-corrected chi connectivity index (χ3v) is 2.48. The number of nitrogens with zero attached hydrogens (tertiary/aromatic N) is 2. The maximum Gasteiger partial charge on any atom is 0.254 e. The van der Waals surface area contributed by atoms with Crippen LogP contribution in [0.3, 0.4) is 0 Å². The van der Waals surface area contributed by atoms with Gasteiger partial charge in [0, 0.05) is 0 Å². The normalized spacial score (nSPS) is 16.6. The zero-order chi connectivity index (χ0) is 11.5. The minimum Gasteiger partial charge on any atom is -0.392 e. The van der Waals surface area contributed by atoms with Crippen molar-refractivity contribution in [1.82, 2.24) is 4.98 Å². The summed E-state index contributed by atoms with van der Waals surface area (Å²) in [6.07, 6.45) is 0. The van der Waals surface area contributed by atoms with Crippen molar-refractivity contribution in [2.24, 2.45) is 0 Å². The van der Waals surface area contributed by atoms with Crippen molar-refractivity contribution in [2.75, 3.05) is 24.7 Å². The molecule has 1 amide bonds. The molecule has 1 saturated heterocycles. The van der Waals surface area contributed by atoms with Crippen LogP contribution in [0.4, 0.5) is 5.82 Å². The van der Waals surface area contributed by atoms with E-state index in [9.17, 15) is 4.79 Å². The molecule has 2 rings (SSSR count). The summed E-state index contributed by atoms with van der Waals surface area (Å²) < 4.78 is 5.02. The monoisotopic (exact) mass is 242 g/mol. The van der Waals surface area contributed by atoms with Crippen molar-refractivity contribution in [3.8, 4) is 0 Å². The maximum absolute atomic E-state index is 11.6. The highest BCUT2D eigenvalue weighted by Gasteiger charge is 2.21. The number of aromatic nitrogens is 1. The Hall–Kier alpha value is -1.17. The van der Waals surface area contributed by atoms with Crippen LogP contribution >= 0.6 is 11.6 Å². The molecular formula is C10H11ClN2O3. The third kappa shape index (κ3) is 2.32. The maximum atomic E-state index is 11.6. The molecule has 0 saturated carbocycles. The Morgan fingerprint density at radius 1 is 1.56 bits per heavy atom. The van der Waals surface area contributed by atoms with E-state index in [1.54, 1.807) is 12.1 Å². The number of carbonyl (C=O) groups excluding carboxylic acids is 1. The summed E-state index contributed by atoms with van der Waals surface area (Å²) in [6, 6.07) is 3.21. The zero-order valence-electron chi connectivity index (χ0n) is 8.52. The molecule has 0 spiro atoms. The fourth-order valence-corrected chi connectivity index (χ4v) is 1.75. The predicted octanol–water partition coefficient (Wildman–Crippen LogP) is 0.591. The number of ether oxygens (including phenoxy) is 1. The standard InChI is InChI=1S/C10H11ClN2O3/c11-8-3-7(5-14)4-9(12-8)13-1-2-16-6-10(13)15/h3-4,14H,1-2,5-6H2. The second-order valence-corrected chi connectivity index (χ2v) is 3.80. The molecule has 0 unspecified atom stereocenters. The van der Waals surface area contributed by atoms with Crippen LogP contribution in [0, 0.1) is 0 Å². The van der Waals surface area contributed by atoms with Crippen molar-refractivity contribution in [3.63, 3.8) is 0 Å². The summed E-state index contributed by atoms with van der Waals surface area (Å²) in [4.78, 5) is 17.1. The minimum atomic E-state index is -0.148. The predicted molar refractivity (Wildman–Crippen MR) is 58.3 cm³/mol. The van der Waals surface area contributed by atoms with Gasteiger partial charge in [0.1, 0.15) is 17.6 Å². The molecule has 1 aliphatic rings. The molecule has 1 aromatic heterocycles. The number of anilines is 1. The Bertz CT molecular complexity index is 411. The van der Waals surface area contributed by atoms with Crippen LogP contribution in [-0.4, -0.2) is 35.8 Å². The second-order valence-electron chi connectivity index (χ2n) is 3.41. The topological polar surface area (TPSA) is 62.7 Å². The molecule has 5 nitrogen and oxygen atoms in total. The van der Waals surface area contributed by atoms with Crippen molar-refractivity contribution in [1.29, 1.82) is 0 Å². The molecule has 1 aliphatic heterocycles. The number of hydrogen-bond acceptors (Lipinski definition) is 4. The molecule has 0 atom stereocenters. The van der Waals surface area contributed by atoms with Gasteiger partial charge in [-0.2, -0.15) is 0 Å². The largest absolute Gasteiger partial charge is 0.392 e. The van der Waals surface area contributed by atoms with Gasteiger partial charge in [-0.05, 0) is 17.7 Å². The fraction of sp³-hybridized carbons (Fsp3) is 0.400. The van der Waals surface area contributed by atoms with Crippen LogP contribution in [0.2, 0.25) is 5.15 Å². The number of aliphatic hydroxyl groups is 1. The third-order valence-electron chi connectivity index (χ3n) is 2.29. The Balaban J connectivity index is 2.31. The first-order chi connectivity index (χ1) is 7.70. The summed E-state index contributed by atoms with van der Waals surface area (Å²) in [5.74, 6) is 0.315. The number of halogens is 1. The Morgan fingerprint density at radius 3 is 3.06 bits per heavy atom. The quantitative estimate of drug-likeness (QED) is 0.771. The lowest BCUT2D eigenvalue weighted by molar-refractivity contribution is -0.125. The van der Waals surface area contributed by atoms with E-state index in [4.69, 9.17) is 21.4 Å². The van der Waals surface area contributed by atoms with Gasteiger partial charge in [-0.1, -0.05) is 11.6 Å². The number of aliphatic hydroxyl groups excluding tert-OH is 1. The Kier molecular flexibility index (Phi) is 3.38. The molecule has 6 heteroatoms. The molecule has 0 radical (unpaired) electrons. The lowest BCUT2D eigenvalue weighted by atomic mass is 10.2. The SMILES string of the molecule is O=C1COCCN1c1cc(CO)cc(Cl)n1. The van der Waals surface area contributed by atoms with Crippen LogP contribution in [-0.2, 0) is 16.1 Å². The molecular weight excluding hydrogens is 232 g/mol. The first kappa shape index (κ1) is 11.3. The van der Waals surface area contributed by atoms with Crippen LogP contribution < -0.4 is 4.90 Å². The number of rotatable bonds is 2. The number of pyridine rings is 1. The highest BCUT2D eigenvalue weighted by molar-refractivity contribution is 6.29. The number of carbonyl (C=O) groups is 1. The van der Waals surface area contributed by atoms with E-state index in [2.05, 4.69) is 4.98 Å². The average molecular weight is 243 g/mol. The molecule has 1 fully saturated rings. The fourth-order valence-electron chi connectivity index (χ4n) is 1.52. The van der Waals surface area contributed by atoms with E-state index in [0.717, 1.165) is 0 Å². The molecule has 2 heterocycles. The zero-order valence-corrected chi connectivity index (χ0v) is 9.28. The summed E-state index contributed by atoms with van der Waals surface area (Å²) >= 11 is 5.80. The molecule has 0 bridgehead atoms. The average Bonchev–Trinajstić information content (AvgIpc) is 2.28. The molecule has 1 aromatic rings. The van der Waals surface area contributed by atoms with E-state index in [1.807, 2.05) is 0 Å². The van der Waals surface area contributed by atoms with Gasteiger partial charge in [0.15, 0.2) is 0 Å². The second kappa shape index (κ2) is 4.78. The lowest BCUT2D eigenvalue weighted by Crippen LogP contribution is -2.42. The van der Waals surface area contributed by atoms with Crippen LogP contribution in [0.25, 0.3) is 0 Å². The summed E-state index contributed by atoms with van der Waals surface area (Å²) in [5, 5.41) is 9.30. The van der Waals surface area contributed by atoms with E-state index < -0.39 is 0 Å². The van der Waals surface area contributed by atoms with Gasteiger partial charge < -0.3 is 9.84 Å². The van der Waals surface area contributed by atoms with Crippen LogP contribution in [0.15, 0.2) is 12.1 Å². The first-order valence-corrected chi connectivity index (χ1v) is 5.24. The van der Waals surface area contributed by atoms with Gasteiger partial charge in [0.05, 0.1) is 19.8 Å². The van der Waals surface area contributed by atoms with E-state index in [1.165, 1.54) is 4.90 Å². The smallest absolute Gasteiger partial charge is 0.254 e. The van der Waals surface area contributed by atoms with Crippen LogP contribution in [0.1, 0.15) is 5.56 Å². The highest BCUT2D eigenvalue weighted by Crippen LogP contribution is 2.19. The van der Waals surface area contributed by atoms with Crippen molar-refractivity contribution in [2.45, 2.75) is 6.61 Å². The molecule has 1 N–H and O–H groups in total. The molecule has 16 heavy (non-hydrogen) atoms. The highest BCUT2D eigenvalue weighted by atomic mass is 35.5. The van der Waals surface area contributed by atoms with E-state index in [-0.39, 0.29) is 24.3 Å². The molecule has 86 valence electrons. The van der Waals surface area contributed by atoms with E-state index >= 15 is 0 Å². The Labute approximate surface area is 97.6 Å². The molecule has 0 aromatic carbocycles. The minimum absolute atomic E-state index is 0.0582. The van der Waals surface area contributed by atoms with Gasteiger partial charge >= 0.3 is 0 Å². The van der Waals surface area contributed by atoms with Crippen molar-refractivity contribution >= 4 is 23.3 Å². The number of amides is 1. The van der Waals surface area contributed by atoms with Crippen LogP contribution in [0.5, 0.6) is 0 Å².